The molecule has 1 unspecified atom stereocenters. The smallest absolute Gasteiger partial charge is 0.422 e. The summed E-state index contributed by atoms with van der Waals surface area (Å²) in [5, 5.41) is 3.43. The molecule has 0 radical (unpaired) electrons. The Morgan fingerprint density at radius 3 is 2.53 bits per heavy atom. The van der Waals surface area contributed by atoms with Crippen LogP contribution in [0.4, 0.5) is 17.6 Å². The number of esters is 1. The minimum absolute atomic E-state index is 0.0261. The zero-order valence-corrected chi connectivity index (χ0v) is 18.5. The molecule has 0 saturated carbocycles. The number of carbonyl (C=O) groups is 1. The van der Waals surface area contributed by atoms with Gasteiger partial charge in [0.2, 0.25) is 11.8 Å². The number of hydrogen-bond acceptors (Lipinski definition) is 5. The van der Waals surface area contributed by atoms with Gasteiger partial charge in [-0.1, -0.05) is 28.4 Å². The summed E-state index contributed by atoms with van der Waals surface area (Å²) in [6.07, 6.45) is -4.08. The number of aromatic nitrogens is 1. The molecular weight excluding hydrogens is 479 g/mol. The zero-order chi connectivity index (χ0) is 23.8. The van der Waals surface area contributed by atoms with Crippen LogP contribution in [0.2, 0.25) is 10.0 Å². The predicted molar refractivity (Wildman–Crippen MR) is 107 cm³/mol. The first-order chi connectivity index (χ1) is 14.9. The van der Waals surface area contributed by atoms with Crippen molar-refractivity contribution < 1.29 is 41.5 Å². The number of hydrogen-bond donors (Lipinski definition) is 0. The minimum atomic E-state index is -4.69. The number of oxime groups is 1. The van der Waals surface area contributed by atoms with Gasteiger partial charge in [0.1, 0.15) is 23.5 Å². The summed E-state index contributed by atoms with van der Waals surface area (Å²) in [6.45, 7) is 3.25. The summed E-state index contributed by atoms with van der Waals surface area (Å²) >= 11 is 12.3. The maximum Gasteiger partial charge on any atom is 0.422 e. The van der Waals surface area contributed by atoms with Gasteiger partial charge in [-0.05, 0) is 32.0 Å². The Bertz CT molecular complexity index is 1110. The van der Waals surface area contributed by atoms with Crippen molar-refractivity contribution >= 4 is 34.9 Å². The molecular formula is C20H17Cl2F4N2O4+. The Kier molecular flexibility index (Phi) is 6.57. The fraction of sp³-hybridized carbons (Fsp3) is 0.350. The van der Waals surface area contributed by atoms with Gasteiger partial charge in [-0.15, -0.1) is 0 Å². The molecule has 2 heterocycles. The molecule has 6 nitrogen and oxygen atoms in total. The van der Waals surface area contributed by atoms with Crippen molar-refractivity contribution in [2.75, 3.05) is 13.7 Å². The number of ether oxygens (including phenoxy) is 1. The van der Waals surface area contributed by atoms with Gasteiger partial charge in [0, 0.05) is 16.7 Å². The molecule has 1 aliphatic heterocycles. The van der Waals surface area contributed by atoms with Gasteiger partial charge in [-0.25, -0.2) is 9.18 Å². The molecule has 1 aliphatic rings. The number of rotatable bonds is 5. The average Bonchev–Trinajstić information content (AvgIpc) is 3.11. The van der Waals surface area contributed by atoms with Crippen molar-refractivity contribution in [2.45, 2.75) is 32.0 Å². The lowest BCUT2D eigenvalue weighted by molar-refractivity contribution is -0.877. The molecule has 0 saturated heterocycles. The second-order valence-electron chi connectivity index (χ2n) is 7.00. The number of halogens is 6. The van der Waals surface area contributed by atoms with E-state index in [0.717, 1.165) is 13.2 Å². The third-order valence-electron chi connectivity index (χ3n) is 4.70. The molecule has 2 aromatic rings. The van der Waals surface area contributed by atoms with Crippen LogP contribution in [0.3, 0.4) is 0 Å². The van der Waals surface area contributed by atoms with Gasteiger partial charge >= 0.3 is 12.1 Å². The molecule has 1 atom stereocenters. The van der Waals surface area contributed by atoms with Crippen LogP contribution in [0.15, 0.2) is 29.6 Å². The van der Waals surface area contributed by atoms with Crippen LogP contribution >= 0.6 is 23.2 Å². The summed E-state index contributed by atoms with van der Waals surface area (Å²) < 4.78 is 59.9. The van der Waals surface area contributed by atoms with Crippen LogP contribution < -0.4 is 9.57 Å². The Morgan fingerprint density at radius 1 is 1.25 bits per heavy atom. The van der Waals surface area contributed by atoms with Crippen molar-refractivity contribution in [3.8, 4) is 11.3 Å². The van der Waals surface area contributed by atoms with Crippen LogP contribution in [0.1, 0.15) is 31.4 Å². The SMILES string of the molecule is CCOC(=O)C1(C)CC(c2cc(-c3c(Cl)cc(C(F)(F)F)c[n+]3OC)c(F)cc2Cl)=NO1. The minimum Gasteiger partial charge on any atom is -0.463 e. The van der Waals surface area contributed by atoms with Crippen LogP contribution in [-0.2, 0) is 20.5 Å². The summed E-state index contributed by atoms with van der Waals surface area (Å²) in [7, 11) is 1.11. The molecule has 32 heavy (non-hydrogen) atoms. The van der Waals surface area contributed by atoms with Crippen molar-refractivity contribution in [2.24, 2.45) is 5.16 Å². The number of carbonyl (C=O) groups excluding carboxylic acids is 1. The van der Waals surface area contributed by atoms with E-state index in [9.17, 15) is 22.4 Å². The maximum atomic E-state index is 14.8. The molecule has 12 heteroatoms. The van der Waals surface area contributed by atoms with Crippen molar-refractivity contribution in [3.05, 3.63) is 51.4 Å². The molecule has 0 fully saturated rings. The molecule has 0 spiro atoms. The highest BCUT2D eigenvalue weighted by Crippen LogP contribution is 2.37. The standard InChI is InChI=1S/C20H17Cl2F4N2O4/c1-4-31-18(29)19(2)8-16(27-32-19)11-6-12(15(23)7-13(11)21)17-14(22)5-10(20(24,25)26)9-28(17)30-3/h5-7,9H,4,8H2,1-3H3/q+1. The van der Waals surface area contributed by atoms with E-state index in [2.05, 4.69) is 5.16 Å². The van der Waals surface area contributed by atoms with Gasteiger partial charge in [0.25, 0.3) is 5.69 Å². The van der Waals surface area contributed by atoms with Gasteiger partial charge in [-0.3, -0.25) is 4.84 Å². The normalized spacial score (nSPS) is 18.2. The number of pyridine rings is 1. The van der Waals surface area contributed by atoms with E-state index >= 15 is 0 Å². The zero-order valence-electron chi connectivity index (χ0n) is 17.0. The summed E-state index contributed by atoms with van der Waals surface area (Å²) in [6, 6.07) is 2.87. The van der Waals surface area contributed by atoms with Gasteiger partial charge < -0.3 is 9.57 Å². The topological polar surface area (TPSA) is 61.0 Å². The first-order valence-electron chi connectivity index (χ1n) is 9.20. The van der Waals surface area contributed by atoms with Crippen LogP contribution in [0.25, 0.3) is 11.3 Å². The number of benzene rings is 1. The van der Waals surface area contributed by atoms with Crippen molar-refractivity contribution in [1.29, 1.82) is 0 Å². The van der Waals surface area contributed by atoms with E-state index in [1.807, 2.05) is 0 Å². The van der Waals surface area contributed by atoms with E-state index in [0.29, 0.717) is 17.0 Å². The lowest BCUT2D eigenvalue weighted by atomic mass is 9.94. The highest BCUT2D eigenvalue weighted by Gasteiger charge is 2.44. The fourth-order valence-electron chi connectivity index (χ4n) is 3.11. The second-order valence-corrected chi connectivity index (χ2v) is 7.82. The Hall–Kier alpha value is -2.59. The largest absolute Gasteiger partial charge is 0.463 e. The van der Waals surface area contributed by atoms with Crippen molar-refractivity contribution in [3.63, 3.8) is 0 Å². The van der Waals surface area contributed by atoms with Gasteiger partial charge in [0.15, 0.2) is 0 Å². The molecule has 172 valence electrons. The average molecular weight is 496 g/mol. The van der Waals surface area contributed by atoms with E-state index in [-0.39, 0.29) is 40.6 Å². The fourth-order valence-corrected chi connectivity index (χ4v) is 3.68. The molecule has 0 aliphatic carbocycles. The Balaban J connectivity index is 2.09. The Morgan fingerprint density at radius 2 is 1.94 bits per heavy atom. The first-order valence-corrected chi connectivity index (χ1v) is 9.95. The monoisotopic (exact) mass is 495 g/mol. The predicted octanol–water partition coefficient (Wildman–Crippen LogP) is 4.61. The molecule has 0 bridgehead atoms. The van der Waals surface area contributed by atoms with Gasteiger partial charge in [-0.2, -0.15) is 13.2 Å². The van der Waals surface area contributed by atoms with Crippen LogP contribution in [-0.4, -0.2) is 31.0 Å². The molecule has 0 N–H and O–H groups in total. The number of nitrogens with zero attached hydrogens (tertiary/aromatic N) is 2. The maximum absolute atomic E-state index is 14.8. The Labute approximate surface area is 190 Å². The van der Waals surface area contributed by atoms with E-state index in [1.165, 1.54) is 13.0 Å². The van der Waals surface area contributed by atoms with Crippen LogP contribution in [0.5, 0.6) is 0 Å². The van der Waals surface area contributed by atoms with Crippen molar-refractivity contribution in [1.82, 2.24) is 0 Å². The third-order valence-corrected chi connectivity index (χ3v) is 5.30. The summed E-state index contributed by atoms with van der Waals surface area (Å²) in [5.74, 6) is -1.50. The highest BCUT2D eigenvalue weighted by atomic mass is 35.5. The lowest BCUT2D eigenvalue weighted by Gasteiger charge is -2.18. The first kappa shape index (κ1) is 24.1. The lowest BCUT2D eigenvalue weighted by Crippen LogP contribution is -2.44. The third kappa shape index (κ3) is 4.47. The van der Waals surface area contributed by atoms with E-state index in [1.54, 1.807) is 6.92 Å². The highest BCUT2D eigenvalue weighted by molar-refractivity contribution is 6.35. The molecule has 0 amide bonds. The molecule has 1 aromatic heterocycles. The summed E-state index contributed by atoms with van der Waals surface area (Å²) in [4.78, 5) is 22.4. The molecule has 3 rings (SSSR count). The number of alkyl halides is 3. The quantitative estimate of drug-likeness (QED) is 0.345. The second kappa shape index (κ2) is 8.74. The van der Waals surface area contributed by atoms with Crippen LogP contribution in [0, 0.1) is 5.82 Å². The van der Waals surface area contributed by atoms with E-state index in [4.69, 9.17) is 37.6 Å². The van der Waals surface area contributed by atoms with Gasteiger partial charge in [0.05, 0.1) is 22.9 Å². The summed E-state index contributed by atoms with van der Waals surface area (Å²) in [5.41, 5.74) is -2.43. The van der Waals surface area contributed by atoms with E-state index < -0.39 is 34.1 Å². The molecule has 1 aromatic carbocycles.